The lowest BCUT2D eigenvalue weighted by atomic mass is 9.97. The number of nitrogens with zero attached hydrogens (tertiary/aromatic N) is 2. The summed E-state index contributed by atoms with van der Waals surface area (Å²) < 4.78 is 7.61. The Labute approximate surface area is 173 Å². The number of aromatic nitrogens is 2. The molecular formula is C20H22Cl2N2O2S. The lowest BCUT2D eigenvalue weighted by Gasteiger charge is -2.24. The van der Waals surface area contributed by atoms with Crippen molar-refractivity contribution in [3.8, 4) is 0 Å². The quantitative estimate of drug-likeness (QED) is 0.505. The van der Waals surface area contributed by atoms with Crippen LogP contribution >= 0.6 is 35.0 Å². The molecule has 1 atom stereocenters. The minimum absolute atomic E-state index is 0.141. The Balaban J connectivity index is 1.61. The van der Waals surface area contributed by atoms with E-state index in [2.05, 4.69) is 4.98 Å². The van der Waals surface area contributed by atoms with Gasteiger partial charge in [-0.25, -0.2) is 4.79 Å². The summed E-state index contributed by atoms with van der Waals surface area (Å²) in [4.78, 5) is 17.2. The molecule has 0 unspecified atom stereocenters. The smallest absolute Gasteiger partial charge is 0.348 e. The molecule has 4 rings (SSSR count). The molecule has 0 saturated carbocycles. The zero-order valence-corrected chi connectivity index (χ0v) is 17.4. The fourth-order valence-electron chi connectivity index (χ4n) is 3.83. The maximum absolute atomic E-state index is 12.8. The minimum Gasteiger partial charge on any atom is -0.376 e. The molecule has 27 heavy (non-hydrogen) atoms. The van der Waals surface area contributed by atoms with Crippen molar-refractivity contribution in [2.45, 2.75) is 62.0 Å². The molecule has 2 aromatic rings. The number of fused-ring (bicyclic) bond motifs is 1. The molecule has 7 heteroatoms. The molecule has 2 aliphatic rings. The van der Waals surface area contributed by atoms with Gasteiger partial charge in [0.05, 0.1) is 12.6 Å². The van der Waals surface area contributed by atoms with Crippen LogP contribution in [0.2, 0.25) is 10.0 Å². The molecule has 1 aromatic carbocycles. The molecule has 1 aliphatic carbocycles. The molecule has 2 heterocycles. The maximum Gasteiger partial charge on any atom is 0.348 e. The van der Waals surface area contributed by atoms with Crippen LogP contribution in [0.3, 0.4) is 0 Å². The van der Waals surface area contributed by atoms with E-state index in [4.69, 9.17) is 27.9 Å². The standard InChI is InChI=1S/C20H22Cl2N2O2S/c21-14-8-7-13(17(22)10-14)12-27-19-16-5-1-2-6-18(16)24(20(25)23-19)11-15-4-3-9-26-15/h7-8,10,15H,1-6,9,11-12H2/t15-/m1/s1. The van der Waals surface area contributed by atoms with Gasteiger partial charge in [-0.15, -0.1) is 11.8 Å². The molecule has 0 bridgehead atoms. The highest BCUT2D eigenvalue weighted by Gasteiger charge is 2.24. The molecule has 0 radical (unpaired) electrons. The number of ether oxygens (including phenoxy) is 1. The summed E-state index contributed by atoms with van der Waals surface area (Å²) in [6.07, 6.45) is 6.41. The van der Waals surface area contributed by atoms with Crippen LogP contribution in [-0.4, -0.2) is 22.3 Å². The number of halogens is 2. The Morgan fingerprint density at radius 2 is 2.07 bits per heavy atom. The van der Waals surface area contributed by atoms with E-state index in [-0.39, 0.29) is 11.8 Å². The van der Waals surface area contributed by atoms with E-state index in [1.807, 2.05) is 16.7 Å². The topological polar surface area (TPSA) is 44.1 Å². The fraction of sp³-hybridized carbons (Fsp3) is 0.500. The number of benzene rings is 1. The van der Waals surface area contributed by atoms with Gasteiger partial charge in [0.25, 0.3) is 0 Å². The van der Waals surface area contributed by atoms with Crippen LogP contribution in [0, 0.1) is 0 Å². The zero-order valence-electron chi connectivity index (χ0n) is 15.0. The summed E-state index contributed by atoms with van der Waals surface area (Å²) >= 11 is 13.9. The van der Waals surface area contributed by atoms with Crippen molar-refractivity contribution in [1.82, 2.24) is 9.55 Å². The number of hydrogen-bond acceptors (Lipinski definition) is 4. The molecule has 1 aromatic heterocycles. The van der Waals surface area contributed by atoms with Crippen LogP contribution in [0.1, 0.15) is 42.5 Å². The second kappa shape index (κ2) is 8.56. The summed E-state index contributed by atoms with van der Waals surface area (Å²) in [5.74, 6) is 0.671. The first-order valence-electron chi connectivity index (χ1n) is 9.43. The summed E-state index contributed by atoms with van der Waals surface area (Å²) in [5, 5.41) is 2.13. The third kappa shape index (κ3) is 4.37. The Bertz CT molecular complexity index is 894. The van der Waals surface area contributed by atoms with Crippen molar-refractivity contribution < 1.29 is 4.74 Å². The van der Waals surface area contributed by atoms with Gasteiger partial charge in [0.2, 0.25) is 0 Å². The monoisotopic (exact) mass is 424 g/mol. The van der Waals surface area contributed by atoms with Gasteiger partial charge in [0.15, 0.2) is 0 Å². The van der Waals surface area contributed by atoms with Crippen molar-refractivity contribution in [1.29, 1.82) is 0 Å². The van der Waals surface area contributed by atoms with Gasteiger partial charge in [0, 0.05) is 33.7 Å². The average Bonchev–Trinajstić information content (AvgIpc) is 3.17. The second-order valence-electron chi connectivity index (χ2n) is 7.10. The lowest BCUT2D eigenvalue weighted by Crippen LogP contribution is -2.33. The highest BCUT2D eigenvalue weighted by atomic mass is 35.5. The van der Waals surface area contributed by atoms with Crippen molar-refractivity contribution in [3.05, 3.63) is 55.5 Å². The number of hydrogen-bond donors (Lipinski definition) is 0. The molecule has 0 N–H and O–H groups in total. The molecule has 1 fully saturated rings. The SMILES string of the molecule is O=c1nc(SCc2ccc(Cl)cc2Cl)c2c(n1C[C@H]1CCCO1)CCCC2. The Hall–Kier alpha value is -1.01. The van der Waals surface area contributed by atoms with E-state index in [0.717, 1.165) is 61.4 Å². The van der Waals surface area contributed by atoms with Crippen molar-refractivity contribution >= 4 is 35.0 Å². The Kier molecular flexibility index (Phi) is 6.12. The van der Waals surface area contributed by atoms with E-state index >= 15 is 0 Å². The second-order valence-corrected chi connectivity index (χ2v) is 8.91. The number of thioether (sulfide) groups is 1. The first-order chi connectivity index (χ1) is 13.1. The van der Waals surface area contributed by atoms with Crippen molar-refractivity contribution in [2.75, 3.05) is 6.61 Å². The molecule has 0 spiro atoms. The van der Waals surface area contributed by atoms with E-state index in [0.29, 0.717) is 22.3 Å². The van der Waals surface area contributed by atoms with Gasteiger partial charge in [0.1, 0.15) is 5.03 Å². The van der Waals surface area contributed by atoms with Crippen LogP contribution < -0.4 is 5.69 Å². The minimum atomic E-state index is -0.157. The van der Waals surface area contributed by atoms with Crippen LogP contribution in [0.15, 0.2) is 28.0 Å². The summed E-state index contributed by atoms with van der Waals surface area (Å²) in [6, 6.07) is 5.52. The van der Waals surface area contributed by atoms with Crippen LogP contribution in [-0.2, 0) is 29.9 Å². The van der Waals surface area contributed by atoms with Gasteiger partial charge in [-0.05, 0) is 56.2 Å². The molecule has 1 aliphatic heterocycles. The largest absolute Gasteiger partial charge is 0.376 e. The van der Waals surface area contributed by atoms with Gasteiger partial charge in [-0.1, -0.05) is 29.3 Å². The molecule has 1 saturated heterocycles. The first kappa shape index (κ1) is 19.3. The number of rotatable bonds is 5. The van der Waals surface area contributed by atoms with Crippen LogP contribution in [0.25, 0.3) is 0 Å². The van der Waals surface area contributed by atoms with Gasteiger partial charge in [-0.3, -0.25) is 4.57 Å². The first-order valence-corrected chi connectivity index (χ1v) is 11.2. The van der Waals surface area contributed by atoms with Gasteiger partial charge >= 0.3 is 5.69 Å². The average molecular weight is 425 g/mol. The summed E-state index contributed by atoms with van der Waals surface area (Å²) in [7, 11) is 0. The predicted molar refractivity (Wildman–Crippen MR) is 110 cm³/mol. The van der Waals surface area contributed by atoms with Gasteiger partial charge in [-0.2, -0.15) is 4.98 Å². The molecule has 4 nitrogen and oxygen atoms in total. The highest BCUT2D eigenvalue weighted by molar-refractivity contribution is 7.98. The van der Waals surface area contributed by atoms with Crippen molar-refractivity contribution in [3.63, 3.8) is 0 Å². The Morgan fingerprint density at radius 3 is 2.85 bits per heavy atom. The van der Waals surface area contributed by atoms with Crippen molar-refractivity contribution in [2.24, 2.45) is 0 Å². The third-order valence-electron chi connectivity index (χ3n) is 5.24. The normalized spacial score (nSPS) is 19.3. The Morgan fingerprint density at radius 1 is 1.22 bits per heavy atom. The third-order valence-corrected chi connectivity index (χ3v) is 6.89. The fourth-order valence-corrected chi connectivity index (χ4v) is 5.47. The molecular weight excluding hydrogens is 403 g/mol. The highest BCUT2D eigenvalue weighted by Crippen LogP contribution is 2.33. The zero-order chi connectivity index (χ0) is 18.8. The van der Waals surface area contributed by atoms with Crippen LogP contribution in [0.4, 0.5) is 0 Å². The summed E-state index contributed by atoms with van der Waals surface area (Å²) in [6.45, 7) is 1.42. The maximum atomic E-state index is 12.8. The summed E-state index contributed by atoms with van der Waals surface area (Å²) in [5.41, 5.74) is 3.23. The van der Waals surface area contributed by atoms with E-state index in [1.165, 1.54) is 5.56 Å². The van der Waals surface area contributed by atoms with E-state index in [1.54, 1.807) is 17.8 Å². The molecule has 0 amide bonds. The van der Waals surface area contributed by atoms with Crippen LogP contribution in [0.5, 0.6) is 0 Å². The molecule has 144 valence electrons. The van der Waals surface area contributed by atoms with Gasteiger partial charge < -0.3 is 4.74 Å². The lowest BCUT2D eigenvalue weighted by molar-refractivity contribution is 0.0947. The van der Waals surface area contributed by atoms with E-state index < -0.39 is 0 Å². The predicted octanol–water partition coefficient (Wildman–Crippen LogP) is 4.90. The van der Waals surface area contributed by atoms with E-state index in [9.17, 15) is 4.79 Å².